The van der Waals surface area contributed by atoms with E-state index < -0.39 is 5.97 Å². The molecule has 0 atom stereocenters. The van der Waals surface area contributed by atoms with Crippen LogP contribution in [0.2, 0.25) is 0 Å². The van der Waals surface area contributed by atoms with Gasteiger partial charge < -0.3 is 9.67 Å². The summed E-state index contributed by atoms with van der Waals surface area (Å²) in [6.45, 7) is 0.493. The van der Waals surface area contributed by atoms with Crippen molar-refractivity contribution in [2.24, 2.45) is 0 Å². The second kappa shape index (κ2) is 5.82. The summed E-state index contributed by atoms with van der Waals surface area (Å²) in [5, 5.41) is 9.38. The molecule has 3 rings (SSSR count). The van der Waals surface area contributed by atoms with E-state index in [0.29, 0.717) is 22.7 Å². The van der Waals surface area contributed by atoms with E-state index in [0.717, 1.165) is 16.6 Å². The lowest BCUT2D eigenvalue weighted by molar-refractivity contribution is -0.133. The van der Waals surface area contributed by atoms with Crippen LogP contribution in [0, 0.1) is 5.82 Å². The van der Waals surface area contributed by atoms with Crippen LogP contribution in [-0.4, -0.2) is 31.4 Å². The molecule has 2 aromatic heterocycles. The Morgan fingerprint density at radius 2 is 2.33 bits per heavy atom. The predicted octanol–water partition coefficient (Wildman–Crippen LogP) is 2.86. The molecule has 2 heterocycles. The zero-order chi connectivity index (χ0) is 14.8. The van der Waals surface area contributed by atoms with Crippen LogP contribution in [0.1, 0.15) is 4.88 Å². The highest BCUT2D eigenvalue weighted by Crippen LogP contribution is 2.26. The summed E-state index contributed by atoms with van der Waals surface area (Å²) in [5.74, 6) is -1.35. The minimum atomic E-state index is -0.914. The molecule has 0 unspecified atom stereocenters. The van der Waals surface area contributed by atoms with Gasteiger partial charge in [0.25, 0.3) is 0 Å². The van der Waals surface area contributed by atoms with E-state index in [1.54, 1.807) is 17.8 Å². The van der Waals surface area contributed by atoms with E-state index in [1.807, 2.05) is 4.57 Å². The molecule has 8 heteroatoms. The highest BCUT2D eigenvalue weighted by molar-refractivity contribution is 7.99. The quantitative estimate of drug-likeness (QED) is 0.731. The number of hydrogen-bond donors (Lipinski definition) is 1. The summed E-state index contributed by atoms with van der Waals surface area (Å²) in [6, 6.07) is 4.35. The van der Waals surface area contributed by atoms with Crippen molar-refractivity contribution >= 4 is 40.1 Å². The van der Waals surface area contributed by atoms with Gasteiger partial charge in [0.2, 0.25) is 0 Å². The third-order valence-electron chi connectivity index (χ3n) is 2.80. The highest BCUT2D eigenvalue weighted by atomic mass is 32.2. The van der Waals surface area contributed by atoms with Crippen LogP contribution < -0.4 is 0 Å². The smallest absolute Gasteiger partial charge is 0.313 e. The number of carbonyl (C=O) groups is 1. The number of rotatable bonds is 5. The first-order valence-corrected chi connectivity index (χ1v) is 7.88. The van der Waals surface area contributed by atoms with Gasteiger partial charge in [0.05, 0.1) is 28.8 Å². The number of thioether (sulfide) groups is 1. The van der Waals surface area contributed by atoms with Crippen LogP contribution >= 0.6 is 23.1 Å². The summed E-state index contributed by atoms with van der Waals surface area (Å²) in [6.07, 6.45) is 1.74. The molecule has 0 saturated heterocycles. The van der Waals surface area contributed by atoms with Crippen LogP contribution in [-0.2, 0) is 11.3 Å². The molecule has 1 N–H and O–H groups in total. The van der Waals surface area contributed by atoms with E-state index in [9.17, 15) is 9.18 Å². The Kier molecular flexibility index (Phi) is 3.89. The maximum absolute atomic E-state index is 13.5. The highest BCUT2D eigenvalue weighted by Gasteiger charge is 2.14. The summed E-state index contributed by atoms with van der Waals surface area (Å²) < 4.78 is 15.3. The Morgan fingerprint density at radius 1 is 1.48 bits per heavy atom. The van der Waals surface area contributed by atoms with E-state index in [2.05, 4.69) is 9.97 Å². The molecule has 0 aliphatic rings. The molecule has 1 aromatic carbocycles. The van der Waals surface area contributed by atoms with Crippen LogP contribution in [0.5, 0.6) is 0 Å². The largest absolute Gasteiger partial charge is 0.481 e. The molecule has 3 aromatic rings. The molecule has 0 bridgehead atoms. The normalized spacial score (nSPS) is 11.1. The second-order valence-corrected chi connectivity index (χ2v) is 6.18. The number of imidazole rings is 1. The Morgan fingerprint density at radius 3 is 3.05 bits per heavy atom. The van der Waals surface area contributed by atoms with Crippen molar-refractivity contribution in [1.29, 1.82) is 0 Å². The lowest BCUT2D eigenvalue weighted by atomic mass is 10.3. The summed E-state index contributed by atoms with van der Waals surface area (Å²) in [7, 11) is 0. The maximum Gasteiger partial charge on any atom is 0.313 e. The molecule has 0 fully saturated rings. The number of fused-ring (bicyclic) bond motifs is 1. The van der Waals surface area contributed by atoms with Crippen molar-refractivity contribution in [3.63, 3.8) is 0 Å². The molecule has 21 heavy (non-hydrogen) atoms. The molecule has 0 saturated carbocycles. The van der Waals surface area contributed by atoms with Crippen LogP contribution in [0.25, 0.3) is 11.0 Å². The number of hydrogen-bond acceptors (Lipinski definition) is 5. The van der Waals surface area contributed by atoms with E-state index in [-0.39, 0.29) is 11.6 Å². The number of aliphatic carboxylic acids is 1. The lowest BCUT2D eigenvalue weighted by Gasteiger charge is -2.06. The number of carboxylic acid groups (broad SMARTS) is 1. The van der Waals surface area contributed by atoms with Crippen LogP contribution in [0.15, 0.2) is 35.1 Å². The third-order valence-corrected chi connectivity index (χ3v) is 4.52. The zero-order valence-electron chi connectivity index (χ0n) is 10.7. The molecule has 0 aliphatic heterocycles. The standard InChI is InChI=1S/C13H10FN3O2S2/c14-8-1-2-10-11(3-8)17(5-9-4-15-7-21-9)13(16-10)20-6-12(18)19/h1-4,7H,5-6H2,(H,18,19). The lowest BCUT2D eigenvalue weighted by Crippen LogP contribution is -2.03. The van der Waals surface area contributed by atoms with Crippen LogP contribution in [0.4, 0.5) is 4.39 Å². The van der Waals surface area contributed by atoms with Crippen molar-refractivity contribution in [3.8, 4) is 0 Å². The Bertz CT molecular complexity index is 786. The van der Waals surface area contributed by atoms with Crippen LogP contribution in [0.3, 0.4) is 0 Å². The molecule has 0 amide bonds. The number of halogens is 1. The topological polar surface area (TPSA) is 68.0 Å². The average Bonchev–Trinajstić information content (AvgIpc) is 3.06. The van der Waals surface area contributed by atoms with Crippen molar-refractivity contribution < 1.29 is 14.3 Å². The minimum Gasteiger partial charge on any atom is -0.481 e. The average molecular weight is 323 g/mol. The second-order valence-electron chi connectivity index (χ2n) is 4.26. The predicted molar refractivity (Wildman–Crippen MR) is 79.3 cm³/mol. The number of carboxylic acids is 1. The summed E-state index contributed by atoms with van der Waals surface area (Å²) in [4.78, 5) is 20.1. The summed E-state index contributed by atoms with van der Waals surface area (Å²) in [5.41, 5.74) is 3.02. The van der Waals surface area contributed by atoms with Crippen molar-refractivity contribution in [3.05, 3.63) is 40.6 Å². The SMILES string of the molecule is O=C(O)CSc1nc2ccc(F)cc2n1Cc1cncs1. The number of thiazole rings is 1. The first-order valence-electron chi connectivity index (χ1n) is 6.01. The fraction of sp³-hybridized carbons (Fsp3) is 0.154. The van der Waals surface area contributed by atoms with Gasteiger partial charge in [-0.25, -0.2) is 9.37 Å². The van der Waals surface area contributed by atoms with Crippen molar-refractivity contribution in [2.45, 2.75) is 11.7 Å². The van der Waals surface area contributed by atoms with Crippen molar-refractivity contribution in [2.75, 3.05) is 5.75 Å². The van der Waals surface area contributed by atoms with Gasteiger partial charge in [-0.1, -0.05) is 11.8 Å². The number of nitrogens with zero attached hydrogens (tertiary/aromatic N) is 3. The monoisotopic (exact) mass is 323 g/mol. The molecule has 0 spiro atoms. The Labute approximate surface area is 127 Å². The van der Waals surface area contributed by atoms with Gasteiger partial charge in [0, 0.05) is 11.1 Å². The van der Waals surface area contributed by atoms with E-state index >= 15 is 0 Å². The van der Waals surface area contributed by atoms with E-state index in [1.165, 1.54) is 23.5 Å². The minimum absolute atomic E-state index is 0.0888. The van der Waals surface area contributed by atoms with Gasteiger partial charge in [0.1, 0.15) is 5.82 Å². The molecule has 5 nitrogen and oxygen atoms in total. The number of aromatic nitrogens is 3. The van der Waals surface area contributed by atoms with Crippen molar-refractivity contribution in [1.82, 2.24) is 14.5 Å². The first kappa shape index (κ1) is 14.0. The van der Waals surface area contributed by atoms with Gasteiger partial charge in [0.15, 0.2) is 5.16 Å². The fourth-order valence-electron chi connectivity index (χ4n) is 1.94. The summed E-state index contributed by atoms with van der Waals surface area (Å²) >= 11 is 2.61. The maximum atomic E-state index is 13.5. The molecule has 0 radical (unpaired) electrons. The molecular weight excluding hydrogens is 313 g/mol. The number of benzene rings is 1. The van der Waals surface area contributed by atoms with Gasteiger partial charge >= 0.3 is 5.97 Å². The zero-order valence-corrected chi connectivity index (χ0v) is 12.3. The fourth-order valence-corrected chi connectivity index (χ4v) is 3.26. The third kappa shape index (κ3) is 3.06. The molecular formula is C13H10FN3O2S2. The van der Waals surface area contributed by atoms with Gasteiger partial charge in [-0.15, -0.1) is 11.3 Å². The van der Waals surface area contributed by atoms with Gasteiger partial charge in [-0.2, -0.15) is 0 Å². The Balaban J connectivity index is 2.04. The van der Waals surface area contributed by atoms with E-state index in [4.69, 9.17) is 5.11 Å². The van der Waals surface area contributed by atoms with Gasteiger partial charge in [-0.3, -0.25) is 9.78 Å². The first-order chi connectivity index (χ1) is 10.1. The van der Waals surface area contributed by atoms with Gasteiger partial charge in [-0.05, 0) is 18.2 Å². The molecule has 108 valence electrons. The Hall–Kier alpha value is -1.93. The molecule has 0 aliphatic carbocycles.